The molecule has 0 aliphatic carbocycles. The average Bonchev–Trinajstić information content (AvgIpc) is 1.82. The van der Waals surface area contributed by atoms with Gasteiger partial charge in [-0.05, 0) is 0 Å². The lowest BCUT2D eigenvalue weighted by molar-refractivity contribution is -0.0549. The van der Waals surface area contributed by atoms with Crippen LogP contribution in [0.3, 0.4) is 0 Å². The molecule has 0 aliphatic rings. The Morgan fingerprint density at radius 3 is 2.27 bits per heavy atom. The van der Waals surface area contributed by atoms with E-state index >= 15 is 0 Å². The zero-order chi connectivity index (χ0) is 8.85. The summed E-state index contributed by atoms with van der Waals surface area (Å²) in [5.74, 6) is 0. The molecule has 0 aromatic heterocycles. The van der Waals surface area contributed by atoms with Crippen molar-refractivity contribution in [2.75, 3.05) is 6.61 Å². The molecule has 1 unspecified atom stereocenters. The van der Waals surface area contributed by atoms with Gasteiger partial charge in [-0.25, -0.2) is 9.59 Å². The number of ether oxygens (including phenoxy) is 2. The van der Waals surface area contributed by atoms with Crippen molar-refractivity contribution < 1.29 is 33.7 Å². The zero-order valence-corrected chi connectivity index (χ0v) is 5.19. The minimum Gasteiger partial charge on any atom is -0.450 e. The second kappa shape index (κ2) is 4.31. The maximum Gasteiger partial charge on any atom is 0.508 e. The fourth-order valence-corrected chi connectivity index (χ4v) is 0.280. The molecular weight excluding hydrogens is 163 g/mol. The molecule has 0 aliphatic heterocycles. The van der Waals surface area contributed by atoms with Gasteiger partial charge in [0, 0.05) is 0 Å². The van der Waals surface area contributed by atoms with E-state index in [0.29, 0.717) is 0 Å². The fourth-order valence-electron chi connectivity index (χ4n) is 0.280. The molecule has 0 aromatic rings. The summed E-state index contributed by atoms with van der Waals surface area (Å²) in [6.07, 6.45) is -5.79. The molecule has 0 saturated carbocycles. The van der Waals surface area contributed by atoms with Gasteiger partial charge in [-0.15, -0.1) is 0 Å². The lowest BCUT2D eigenvalue weighted by Crippen LogP contribution is -2.19. The van der Waals surface area contributed by atoms with Crippen LogP contribution in [0.25, 0.3) is 0 Å². The summed E-state index contributed by atoms with van der Waals surface area (Å²) >= 11 is 0. The number of alkyl halides is 1. The Kier molecular flexibility index (Phi) is 3.71. The molecule has 0 saturated heterocycles. The van der Waals surface area contributed by atoms with E-state index in [9.17, 15) is 14.0 Å². The van der Waals surface area contributed by atoms with Gasteiger partial charge in [0.2, 0.25) is 0 Å². The SMILES string of the molecule is O=C(O)OCC(F)OC(=O)O. The Hall–Kier alpha value is -1.53. The molecule has 0 amide bonds. The van der Waals surface area contributed by atoms with Gasteiger partial charge in [-0.2, -0.15) is 4.39 Å². The van der Waals surface area contributed by atoms with Gasteiger partial charge in [0.15, 0.2) is 6.61 Å². The van der Waals surface area contributed by atoms with E-state index in [4.69, 9.17) is 10.2 Å². The summed E-state index contributed by atoms with van der Waals surface area (Å²) in [6, 6.07) is 0. The minimum absolute atomic E-state index is 0.957. The third kappa shape index (κ3) is 6.35. The van der Waals surface area contributed by atoms with E-state index in [0.717, 1.165) is 0 Å². The number of rotatable bonds is 3. The first-order valence-corrected chi connectivity index (χ1v) is 2.41. The first kappa shape index (κ1) is 9.47. The maximum atomic E-state index is 12.0. The van der Waals surface area contributed by atoms with Crippen molar-refractivity contribution in [1.82, 2.24) is 0 Å². The van der Waals surface area contributed by atoms with Crippen LogP contribution in [-0.2, 0) is 9.47 Å². The third-order valence-corrected chi connectivity index (χ3v) is 0.567. The van der Waals surface area contributed by atoms with E-state index in [1.165, 1.54) is 0 Å². The largest absolute Gasteiger partial charge is 0.508 e. The van der Waals surface area contributed by atoms with Gasteiger partial charge in [0.25, 0.3) is 6.36 Å². The van der Waals surface area contributed by atoms with E-state index in [1.54, 1.807) is 0 Å². The van der Waals surface area contributed by atoms with Gasteiger partial charge in [0.05, 0.1) is 0 Å². The number of carboxylic acid groups (broad SMARTS) is 2. The summed E-state index contributed by atoms with van der Waals surface area (Å²) in [7, 11) is 0. The fraction of sp³-hybridized carbons (Fsp3) is 0.500. The highest BCUT2D eigenvalue weighted by atomic mass is 19.1. The summed E-state index contributed by atoms with van der Waals surface area (Å²) in [5.41, 5.74) is 0. The van der Waals surface area contributed by atoms with Crippen LogP contribution in [0.4, 0.5) is 14.0 Å². The van der Waals surface area contributed by atoms with Crippen LogP contribution in [0.5, 0.6) is 0 Å². The van der Waals surface area contributed by atoms with Crippen molar-refractivity contribution in [1.29, 1.82) is 0 Å². The maximum absolute atomic E-state index is 12.0. The van der Waals surface area contributed by atoms with Crippen LogP contribution in [0, 0.1) is 0 Å². The molecule has 11 heavy (non-hydrogen) atoms. The molecular formula is C4H5FO6. The minimum atomic E-state index is -2.27. The molecule has 0 aromatic carbocycles. The summed E-state index contributed by atoms with van der Waals surface area (Å²) in [6.45, 7) is -0.957. The second-order valence-corrected chi connectivity index (χ2v) is 1.37. The normalized spacial score (nSPS) is 11.7. The van der Waals surface area contributed by atoms with Crippen molar-refractivity contribution in [3.63, 3.8) is 0 Å². The monoisotopic (exact) mass is 168 g/mol. The number of hydrogen-bond acceptors (Lipinski definition) is 4. The van der Waals surface area contributed by atoms with Crippen LogP contribution < -0.4 is 0 Å². The van der Waals surface area contributed by atoms with E-state index in [2.05, 4.69) is 9.47 Å². The van der Waals surface area contributed by atoms with Crippen molar-refractivity contribution >= 4 is 12.3 Å². The molecule has 7 heteroatoms. The summed E-state index contributed by atoms with van der Waals surface area (Å²) < 4.78 is 19.1. The highest BCUT2D eigenvalue weighted by Crippen LogP contribution is 1.95. The molecule has 2 N–H and O–H groups in total. The quantitative estimate of drug-likeness (QED) is 0.601. The Bertz CT molecular complexity index is 157. The highest BCUT2D eigenvalue weighted by molar-refractivity contribution is 5.57. The molecule has 64 valence electrons. The van der Waals surface area contributed by atoms with Crippen LogP contribution in [-0.4, -0.2) is 35.5 Å². The molecule has 0 spiro atoms. The Morgan fingerprint density at radius 1 is 1.36 bits per heavy atom. The molecule has 0 bridgehead atoms. The van der Waals surface area contributed by atoms with E-state index in [-0.39, 0.29) is 0 Å². The predicted molar refractivity (Wildman–Crippen MR) is 28.0 cm³/mol. The predicted octanol–water partition coefficient (Wildman–Crippen LogP) is 0.671. The Morgan fingerprint density at radius 2 is 1.91 bits per heavy atom. The van der Waals surface area contributed by atoms with Crippen LogP contribution in [0.1, 0.15) is 0 Å². The van der Waals surface area contributed by atoms with Gasteiger partial charge in [-0.1, -0.05) is 0 Å². The van der Waals surface area contributed by atoms with Crippen LogP contribution >= 0.6 is 0 Å². The number of hydrogen-bond donors (Lipinski definition) is 2. The third-order valence-electron chi connectivity index (χ3n) is 0.567. The van der Waals surface area contributed by atoms with Gasteiger partial charge in [0.1, 0.15) is 0 Å². The number of carbonyl (C=O) groups is 2. The topological polar surface area (TPSA) is 93.1 Å². The van der Waals surface area contributed by atoms with Crippen molar-refractivity contribution in [3.05, 3.63) is 0 Å². The van der Waals surface area contributed by atoms with Gasteiger partial charge < -0.3 is 19.7 Å². The lowest BCUT2D eigenvalue weighted by atomic mass is 10.7. The lowest BCUT2D eigenvalue weighted by Gasteiger charge is -2.04. The zero-order valence-electron chi connectivity index (χ0n) is 5.19. The van der Waals surface area contributed by atoms with Crippen LogP contribution in [0.15, 0.2) is 0 Å². The van der Waals surface area contributed by atoms with Crippen molar-refractivity contribution in [3.8, 4) is 0 Å². The molecule has 0 heterocycles. The van der Waals surface area contributed by atoms with Crippen LogP contribution in [0.2, 0.25) is 0 Å². The smallest absolute Gasteiger partial charge is 0.450 e. The van der Waals surface area contributed by atoms with E-state index < -0.39 is 25.3 Å². The number of halogens is 1. The van der Waals surface area contributed by atoms with Crippen molar-refractivity contribution in [2.24, 2.45) is 0 Å². The molecule has 6 nitrogen and oxygen atoms in total. The molecule has 0 fully saturated rings. The molecule has 1 atom stereocenters. The first-order valence-electron chi connectivity index (χ1n) is 2.41. The highest BCUT2D eigenvalue weighted by Gasteiger charge is 2.13. The van der Waals surface area contributed by atoms with E-state index in [1.807, 2.05) is 0 Å². The van der Waals surface area contributed by atoms with Gasteiger partial charge >= 0.3 is 12.3 Å². The second-order valence-electron chi connectivity index (χ2n) is 1.37. The van der Waals surface area contributed by atoms with Crippen molar-refractivity contribution in [2.45, 2.75) is 6.36 Å². The summed E-state index contributed by atoms with van der Waals surface area (Å²) in [4.78, 5) is 19.2. The molecule has 0 rings (SSSR count). The average molecular weight is 168 g/mol. The summed E-state index contributed by atoms with van der Waals surface area (Å²) in [5, 5.41) is 15.6. The first-order chi connectivity index (χ1) is 5.02. The Labute approximate surface area is 60.1 Å². The molecule has 0 radical (unpaired) electrons. The Balaban J connectivity index is 3.44. The standard InChI is InChI=1S/C4H5FO6/c5-2(11-4(8)9)1-10-3(6)7/h2H,1H2,(H,6,7)(H,8,9). The van der Waals surface area contributed by atoms with Gasteiger partial charge in [-0.3, -0.25) is 0 Å².